The van der Waals surface area contributed by atoms with Crippen molar-refractivity contribution >= 4 is 23.6 Å². The van der Waals surface area contributed by atoms with Gasteiger partial charge in [-0.25, -0.2) is 4.79 Å². The third kappa shape index (κ3) is 3.53. The Morgan fingerprint density at radius 1 is 1.19 bits per heavy atom. The van der Waals surface area contributed by atoms with Crippen LogP contribution in [0.25, 0.3) is 0 Å². The largest absolute Gasteiger partial charge is 0.493 e. The summed E-state index contributed by atoms with van der Waals surface area (Å²) in [4.78, 5) is 28.3. The lowest BCUT2D eigenvalue weighted by molar-refractivity contribution is 0.0356. The summed E-state index contributed by atoms with van der Waals surface area (Å²) in [7, 11) is 3.01. The van der Waals surface area contributed by atoms with Crippen molar-refractivity contribution < 1.29 is 23.8 Å². The Morgan fingerprint density at radius 2 is 1.92 bits per heavy atom. The lowest BCUT2D eigenvalue weighted by Gasteiger charge is -2.39. The van der Waals surface area contributed by atoms with Gasteiger partial charge in [-0.3, -0.25) is 4.79 Å². The predicted molar refractivity (Wildman–Crippen MR) is 96.2 cm³/mol. The first kappa shape index (κ1) is 18.6. The molecule has 2 aliphatic rings. The van der Waals surface area contributed by atoms with Crippen molar-refractivity contribution in [3.05, 3.63) is 22.7 Å². The Balaban J connectivity index is 1.68. The van der Waals surface area contributed by atoms with Crippen LogP contribution >= 0.6 is 11.6 Å². The Labute approximate surface area is 157 Å². The second-order valence-electron chi connectivity index (χ2n) is 6.35. The Bertz CT molecular complexity index is 688. The highest BCUT2D eigenvalue weighted by Crippen LogP contribution is 2.38. The van der Waals surface area contributed by atoms with Gasteiger partial charge in [0.25, 0.3) is 5.91 Å². The van der Waals surface area contributed by atoms with E-state index in [1.807, 2.05) is 0 Å². The fourth-order valence-electron chi connectivity index (χ4n) is 3.51. The van der Waals surface area contributed by atoms with Gasteiger partial charge in [-0.05, 0) is 31.4 Å². The molecule has 0 radical (unpaired) electrons. The summed E-state index contributed by atoms with van der Waals surface area (Å²) in [6.45, 7) is 2.35. The number of amides is 2. The number of benzene rings is 1. The van der Waals surface area contributed by atoms with Gasteiger partial charge in [0.2, 0.25) is 0 Å². The lowest BCUT2D eigenvalue weighted by Crippen LogP contribution is -2.50. The Morgan fingerprint density at radius 3 is 2.54 bits per heavy atom. The van der Waals surface area contributed by atoms with E-state index in [0.717, 1.165) is 25.8 Å². The predicted octanol–water partition coefficient (Wildman–Crippen LogP) is 2.80. The third-order valence-electron chi connectivity index (χ3n) is 4.91. The zero-order chi connectivity index (χ0) is 18.7. The van der Waals surface area contributed by atoms with Crippen molar-refractivity contribution in [3.63, 3.8) is 0 Å². The van der Waals surface area contributed by atoms with E-state index in [1.54, 1.807) is 21.9 Å². The van der Waals surface area contributed by atoms with E-state index in [-0.39, 0.29) is 23.1 Å². The molecule has 2 fully saturated rings. The van der Waals surface area contributed by atoms with E-state index in [1.165, 1.54) is 14.2 Å². The molecular formula is C18H23ClN2O5. The van der Waals surface area contributed by atoms with Crippen molar-refractivity contribution in [1.82, 2.24) is 9.80 Å². The Hall–Kier alpha value is -2.15. The zero-order valence-corrected chi connectivity index (χ0v) is 15.8. The number of nitrogens with zero attached hydrogens (tertiary/aromatic N) is 2. The van der Waals surface area contributed by atoms with Crippen molar-refractivity contribution in [2.45, 2.75) is 25.3 Å². The van der Waals surface area contributed by atoms with Gasteiger partial charge in [-0.15, -0.1) is 0 Å². The van der Waals surface area contributed by atoms with Crippen LogP contribution in [0.5, 0.6) is 11.5 Å². The van der Waals surface area contributed by atoms with Crippen LogP contribution in [0.3, 0.4) is 0 Å². The van der Waals surface area contributed by atoms with Gasteiger partial charge in [0.15, 0.2) is 11.5 Å². The number of halogens is 1. The van der Waals surface area contributed by atoms with Gasteiger partial charge < -0.3 is 24.0 Å². The molecule has 7 nitrogen and oxygen atoms in total. The molecule has 0 N–H and O–H groups in total. The SMILES string of the molecule is COc1ccc(C(=O)N2CCC(N3CCCOC3=O)CC2)c(Cl)c1OC. The number of rotatable bonds is 4. The summed E-state index contributed by atoms with van der Waals surface area (Å²) >= 11 is 6.35. The molecule has 2 aliphatic heterocycles. The summed E-state index contributed by atoms with van der Waals surface area (Å²) in [6, 6.07) is 3.45. The fraction of sp³-hybridized carbons (Fsp3) is 0.556. The van der Waals surface area contributed by atoms with Gasteiger partial charge in [0.1, 0.15) is 0 Å². The van der Waals surface area contributed by atoms with Crippen molar-refractivity contribution in [2.24, 2.45) is 0 Å². The number of ether oxygens (including phenoxy) is 3. The van der Waals surface area contributed by atoms with Crippen LogP contribution in [0, 0.1) is 0 Å². The first-order chi connectivity index (χ1) is 12.6. The second-order valence-corrected chi connectivity index (χ2v) is 6.73. The molecule has 0 spiro atoms. The summed E-state index contributed by atoms with van der Waals surface area (Å²) in [5, 5.41) is 0.249. The number of carbonyl (C=O) groups is 2. The second kappa shape index (κ2) is 8.03. The van der Waals surface area contributed by atoms with Gasteiger partial charge >= 0.3 is 6.09 Å². The van der Waals surface area contributed by atoms with Crippen LogP contribution < -0.4 is 9.47 Å². The molecule has 0 aliphatic carbocycles. The molecule has 2 saturated heterocycles. The summed E-state index contributed by atoms with van der Waals surface area (Å²) in [5.74, 6) is 0.693. The lowest BCUT2D eigenvalue weighted by atomic mass is 10.0. The minimum atomic E-state index is -0.246. The van der Waals surface area contributed by atoms with E-state index in [0.29, 0.717) is 36.8 Å². The van der Waals surface area contributed by atoms with E-state index in [2.05, 4.69) is 0 Å². The summed E-state index contributed by atoms with van der Waals surface area (Å²) < 4.78 is 15.6. The number of carbonyl (C=O) groups excluding carboxylic acids is 2. The fourth-order valence-corrected chi connectivity index (χ4v) is 3.82. The average Bonchev–Trinajstić information content (AvgIpc) is 2.67. The van der Waals surface area contributed by atoms with E-state index >= 15 is 0 Å². The van der Waals surface area contributed by atoms with Gasteiger partial charge in [0, 0.05) is 25.7 Å². The maximum absolute atomic E-state index is 12.9. The van der Waals surface area contributed by atoms with Crippen LogP contribution in [0.1, 0.15) is 29.6 Å². The van der Waals surface area contributed by atoms with Crippen LogP contribution in [0.2, 0.25) is 5.02 Å². The highest BCUT2D eigenvalue weighted by atomic mass is 35.5. The number of hydrogen-bond acceptors (Lipinski definition) is 5. The van der Waals surface area contributed by atoms with E-state index < -0.39 is 0 Å². The first-order valence-electron chi connectivity index (χ1n) is 8.70. The molecule has 2 heterocycles. The maximum atomic E-state index is 12.9. The monoisotopic (exact) mass is 382 g/mol. The van der Waals surface area contributed by atoms with Crippen molar-refractivity contribution in [1.29, 1.82) is 0 Å². The molecule has 3 rings (SSSR count). The highest BCUT2D eigenvalue weighted by molar-refractivity contribution is 6.35. The smallest absolute Gasteiger partial charge is 0.410 e. The number of hydrogen-bond donors (Lipinski definition) is 0. The zero-order valence-electron chi connectivity index (χ0n) is 15.0. The van der Waals surface area contributed by atoms with Crippen LogP contribution in [0.4, 0.5) is 4.79 Å². The van der Waals surface area contributed by atoms with E-state index in [9.17, 15) is 9.59 Å². The topological polar surface area (TPSA) is 68.3 Å². The molecule has 8 heteroatoms. The number of piperidine rings is 1. The average molecular weight is 383 g/mol. The number of likely N-dealkylation sites (tertiary alicyclic amines) is 1. The number of cyclic esters (lactones) is 1. The molecule has 26 heavy (non-hydrogen) atoms. The normalized spacial score (nSPS) is 18.5. The molecule has 0 unspecified atom stereocenters. The van der Waals surface area contributed by atoms with Gasteiger partial charge in [-0.2, -0.15) is 0 Å². The quantitative estimate of drug-likeness (QED) is 0.801. The van der Waals surface area contributed by atoms with Crippen LogP contribution in [-0.2, 0) is 4.74 Å². The van der Waals surface area contributed by atoms with Crippen molar-refractivity contribution in [2.75, 3.05) is 40.5 Å². The van der Waals surface area contributed by atoms with Crippen LogP contribution in [-0.4, -0.2) is 68.3 Å². The Kier molecular flexibility index (Phi) is 5.76. The molecule has 142 valence electrons. The minimum absolute atomic E-state index is 0.118. The van der Waals surface area contributed by atoms with Crippen molar-refractivity contribution in [3.8, 4) is 11.5 Å². The van der Waals surface area contributed by atoms with Gasteiger partial charge in [-0.1, -0.05) is 11.6 Å². The molecule has 0 saturated carbocycles. The number of methoxy groups -OCH3 is 2. The molecule has 0 aromatic heterocycles. The molecule has 0 atom stereocenters. The third-order valence-corrected chi connectivity index (χ3v) is 5.29. The highest BCUT2D eigenvalue weighted by Gasteiger charge is 2.33. The summed E-state index contributed by atoms with van der Waals surface area (Å²) in [5.41, 5.74) is 0.389. The molecule has 2 amide bonds. The molecule has 1 aromatic carbocycles. The van der Waals surface area contributed by atoms with Gasteiger partial charge in [0.05, 0.1) is 31.4 Å². The van der Waals surface area contributed by atoms with Crippen LogP contribution in [0.15, 0.2) is 12.1 Å². The van der Waals surface area contributed by atoms with E-state index in [4.69, 9.17) is 25.8 Å². The molecule has 0 bridgehead atoms. The first-order valence-corrected chi connectivity index (χ1v) is 9.07. The maximum Gasteiger partial charge on any atom is 0.410 e. The summed E-state index contributed by atoms with van der Waals surface area (Å²) in [6.07, 6.45) is 2.06. The molecule has 1 aromatic rings. The minimum Gasteiger partial charge on any atom is -0.493 e. The standard InChI is InChI=1S/C18H23ClN2O5/c1-24-14-5-4-13(15(19)16(14)25-2)17(22)20-9-6-12(7-10-20)21-8-3-11-26-18(21)23/h4-5,12H,3,6-11H2,1-2H3. The molecular weight excluding hydrogens is 360 g/mol.